The fourth-order valence-electron chi connectivity index (χ4n) is 7.26. The first-order valence-electron chi connectivity index (χ1n) is 14.7. The maximum Gasteiger partial charge on any atom is 0.331 e. The van der Waals surface area contributed by atoms with Crippen molar-refractivity contribution in [3.05, 3.63) is 71.2 Å². The number of amides is 3. The van der Waals surface area contributed by atoms with E-state index in [9.17, 15) is 14.7 Å². The number of para-hydroxylation sites is 1. The number of fused-ring (bicyclic) bond motifs is 2. The molecule has 216 valence electrons. The predicted molar refractivity (Wildman–Crippen MR) is 165 cm³/mol. The number of hydrogen-bond acceptors (Lipinski definition) is 6. The van der Waals surface area contributed by atoms with Crippen LogP contribution in [0.1, 0.15) is 60.7 Å². The van der Waals surface area contributed by atoms with Crippen molar-refractivity contribution in [2.75, 3.05) is 10.2 Å². The van der Waals surface area contributed by atoms with E-state index in [1.807, 2.05) is 61.5 Å². The molecule has 9 heteroatoms. The van der Waals surface area contributed by atoms with Crippen LogP contribution in [0.4, 0.5) is 21.9 Å². The average molecular weight is 583 g/mol. The van der Waals surface area contributed by atoms with Crippen LogP contribution in [0.5, 0.6) is 11.5 Å². The summed E-state index contributed by atoms with van der Waals surface area (Å²) in [5.41, 5.74) is 2.25. The van der Waals surface area contributed by atoms with Crippen molar-refractivity contribution >= 4 is 50.6 Å². The molecule has 3 heterocycles. The van der Waals surface area contributed by atoms with Gasteiger partial charge in [0.25, 0.3) is 5.91 Å². The number of aromatic nitrogens is 1. The van der Waals surface area contributed by atoms with E-state index >= 15 is 0 Å². The summed E-state index contributed by atoms with van der Waals surface area (Å²) in [6.07, 6.45) is 6.94. The fraction of sp³-hybridized carbons (Fsp3) is 0.364. The molecule has 0 spiro atoms. The first-order chi connectivity index (χ1) is 20.3. The highest BCUT2D eigenvalue weighted by atomic mass is 32.1. The van der Waals surface area contributed by atoms with E-state index < -0.39 is 5.60 Å². The largest absolute Gasteiger partial charge is 0.457 e. The lowest BCUT2D eigenvalue weighted by Gasteiger charge is -2.46. The molecular weight excluding hydrogens is 548 g/mol. The third kappa shape index (κ3) is 4.80. The topological polar surface area (TPSA) is 104 Å². The van der Waals surface area contributed by atoms with Gasteiger partial charge in [0, 0.05) is 12.2 Å². The molecule has 8 nitrogen and oxygen atoms in total. The number of rotatable bonds is 6. The number of anilines is 3. The van der Waals surface area contributed by atoms with Gasteiger partial charge in [0.1, 0.15) is 21.2 Å². The highest BCUT2D eigenvalue weighted by Crippen LogP contribution is 2.48. The van der Waals surface area contributed by atoms with Crippen molar-refractivity contribution < 1.29 is 19.4 Å². The van der Waals surface area contributed by atoms with Gasteiger partial charge in [-0.1, -0.05) is 25.1 Å². The second kappa shape index (κ2) is 10.4. The number of hydrogen-bond donors (Lipinski definition) is 3. The SMILES string of the molecule is CCC1(O)C[C@@H]2CC(NC(=O)c3sc4nccc5c4c3NC(=O)N5c3ccc(Oc4ccccc4)cc3C)C[C@@H](C2)C1. The molecule has 2 aromatic heterocycles. The molecular formula is C33H34N4O4S. The van der Waals surface area contributed by atoms with Gasteiger partial charge in [-0.3, -0.25) is 9.69 Å². The van der Waals surface area contributed by atoms with Crippen molar-refractivity contribution in [2.24, 2.45) is 11.8 Å². The Hall–Kier alpha value is -3.95. The highest BCUT2D eigenvalue weighted by molar-refractivity contribution is 7.21. The molecule has 4 aromatic rings. The molecule has 2 unspecified atom stereocenters. The van der Waals surface area contributed by atoms with E-state index in [4.69, 9.17) is 4.74 Å². The Labute approximate surface area is 248 Å². The third-order valence-electron chi connectivity index (χ3n) is 9.07. The lowest BCUT2D eigenvalue weighted by Crippen LogP contribution is -2.48. The Bertz CT molecular complexity index is 1670. The van der Waals surface area contributed by atoms with Crippen molar-refractivity contribution in [1.29, 1.82) is 0 Å². The summed E-state index contributed by atoms with van der Waals surface area (Å²) in [7, 11) is 0. The summed E-state index contributed by atoms with van der Waals surface area (Å²) in [4.78, 5) is 34.6. The molecule has 2 aliphatic carbocycles. The number of thiophene rings is 1. The molecule has 2 saturated carbocycles. The van der Waals surface area contributed by atoms with Crippen molar-refractivity contribution in [2.45, 2.75) is 64.0 Å². The van der Waals surface area contributed by atoms with Gasteiger partial charge >= 0.3 is 6.03 Å². The molecule has 3 aliphatic rings. The quantitative estimate of drug-likeness (QED) is 0.218. The number of carbonyl (C=O) groups excluding carboxylic acids is 2. The minimum absolute atomic E-state index is 0.0579. The van der Waals surface area contributed by atoms with Crippen LogP contribution in [0.25, 0.3) is 10.2 Å². The third-order valence-corrected chi connectivity index (χ3v) is 10.2. The number of nitrogens with zero attached hydrogens (tertiary/aromatic N) is 2. The molecule has 3 amide bonds. The van der Waals surface area contributed by atoms with E-state index in [1.165, 1.54) is 11.3 Å². The average Bonchev–Trinajstić information content (AvgIpc) is 3.33. The maximum atomic E-state index is 13.6. The first-order valence-corrected chi connectivity index (χ1v) is 15.5. The van der Waals surface area contributed by atoms with Crippen LogP contribution in [-0.2, 0) is 0 Å². The first kappa shape index (κ1) is 26.9. The minimum atomic E-state index is -0.565. The van der Waals surface area contributed by atoms with E-state index in [1.54, 1.807) is 11.1 Å². The van der Waals surface area contributed by atoms with Crippen molar-refractivity contribution in [3.8, 4) is 11.5 Å². The van der Waals surface area contributed by atoms with Gasteiger partial charge < -0.3 is 20.5 Å². The second-order valence-electron chi connectivity index (χ2n) is 12.0. The zero-order valence-corrected chi connectivity index (χ0v) is 24.5. The summed E-state index contributed by atoms with van der Waals surface area (Å²) < 4.78 is 5.99. The van der Waals surface area contributed by atoms with Crippen molar-refractivity contribution in [1.82, 2.24) is 10.3 Å². The van der Waals surface area contributed by atoms with Crippen LogP contribution in [0.3, 0.4) is 0 Å². The standard InChI is InChI=1S/C33H34N4O4S/c1-3-33(40)17-20-14-21(18-33)16-22(15-20)35-30(38)29-28-27-26(11-12-34-31(27)42-29)37(32(39)36-28)25-10-9-24(13-19(25)2)41-23-7-5-4-6-8-23/h4-13,20-22,40H,3,14-18H2,1-2H3,(H,35,38)(H,36,39)/t20-,21+,22?,33?. The maximum absolute atomic E-state index is 13.6. The smallest absolute Gasteiger partial charge is 0.331 e. The van der Waals surface area contributed by atoms with Gasteiger partial charge in [-0.05, 0) is 99.2 Å². The fourth-order valence-corrected chi connectivity index (χ4v) is 8.29. The predicted octanol–water partition coefficient (Wildman–Crippen LogP) is 7.53. The van der Waals surface area contributed by atoms with Crippen LogP contribution in [0.15, 0.2) is 60.8 Å². The molecule has 4 atom stereocenters. The summed E-state index contributed by atoms with van der Waals surface area (Å²) >= 11 is 1.31. The van der Waals surface area contributed by atoms with Gasteiger partial charge in [0.2, 0.25) is 0 Å². The van der Waals surface area contributed by atoms with Crippen LogP contribution in [0, 0.1) is 18.8 Å². The Balaban J connectivity index is 1.15. The monoisotopic (exact) mass is 582 g/mol. The van der Waals surface area contributed by atoms with Gasteiger partial charge in [-0.25, -0.2) is 9.78 Å². The molecule has 0 saturated heterocycles. The van der Waals surface area contributed by atoms with E-state index in [2.05, 4.69) is 22.5 Å². The molecule has 2 fully saturated rings. The molecule has 7 rings (SSSR count). The molecule has 42 heavy (non-hydrogen) atoms. The number of urea groups is 1. The van der Waals surface area contributed by atoms with Gasteiger partial charge in [0.15, 0.2) is 0 Å². The Morgan fingerprint density at radius 2 is 1.86 bits per heavy atom. The normalized spacial score (nSPS) is 24.8. The zero-order valence-electron chi connectivity index (χ0n) is 23.7. The molecule has 1 aliphatic heterocycles. The molecule has 3 N–H and O–H groups in total. The van der Waals surface area contributed by atoms with Gasteiger partial charge in [0.05, 0.1) is 28.0 Å². The number of pyridine rings is 1. The minimum Gasteiger partial charge on any atom is -0.457 e. The van der Waals surface area contributed by atoms with Crippen LogP contribution < -0.4 is 20.3 Å². The van der Waals surface area contributed by atoms with Crippen LogP contribution in [-0.4, -0.2) is 33.7 Å². The summed E-state index contributed by atoms with van der Waals surface area (Å²) in [5.74, 6) is 2.08. The zero-order chi connectivity index (χ0) is 29.0. The Morgan fingerprint density at radius 1 is 1.10 bits per heavy atom. The van der Waals surface area contributed by atoms with Gasteiger partial charge in [-0.2, -0.15) is 0 Å². The lowest BCUT2D eigenvalue weighted by molar-refractivity contribution is -0.0583. The van der Waals surface area contributed by atoms with Crippen LogP contribution >= 0.6 is 11.3 Å². The molecule has 2 bridgehead atoms. The molecule has 0 radical (unpaired) electrons. The van der Waals surface area contributed by atoms with Gasteiger partial charge in [-0.15, -0.1) is 11.3 Å². The van der Waals surface area contributed by atoms with E-state index in [0.717, 1.165) is 60.9 Å². The van der Waals surface area contributed by atoms with E-state index in [-0.39, 0.29) is 18.0 Å². The number of aliphatic hydroxyl groups is 1. The number of ether oxygens (including phenoxy) is 1. The van der Waals surface area contributed by atoms with Crippen molar-refractivity contribution in [3.63, 3.8) is 0 Å². The summed E-state index contributed by atoms with van der Waals surface area (Å²) in [6, 6.07) is 16.8. The summed E-state index contributed by atoms with van der Waals surface area (Å²) in [6.45, 7) is 4.00. The Kier molecular flexibility index (Phi) is 6.66. The number of aryl methyl sites for hydroxylation is 1. The molecule has 2 aromatic carbocycles. The summed E-state index contributed by atoms with van der Waals surface area (Å²) in [5, 5.41) is 17.9. The Morgan fingerprint density at radius 3 is 2.57 bits per heavy atom. The number of carbonyl (C=O) groups is 2. The second-order valence-corrected chi connectivity index (χ2v) is 13.0. The van der Waals surface area contributed by atoms with E-state index in [0.29, 0.717) is 38.7 Å². The number of nitrogens with one attached hydrogen (secondary N) is 2. The lowest BCUT2D eigenvalue weighted by atomic mass is 9.64. The highest BCUT2D eigenvalue weighted by Gasteiger charge is 2.43. The van der Waals surface area contributed by atoms with Crippen LogP contribution in [0.2, 0.25) is 0 Å². The number of benzene rings is 2.